The highest BCUT2D eigenvalue weighted by Gasteiger charge is 2.43. The maximum atomic E-state index is 13.0. The highest BCUT2D eigenvalue weighted by atomic mass is 32.1. The summed E-state index contributed by atoms with van der Waals surface area (Å²) in [6.45, 7) is 4.79. The van der Waals surface area contributed by atoms with Gasteiger partial charge in [0.2, 0.25) is 5.91 Å². The summed E-state index contributed by atoms with van der Waals surface area (Å²) in [5, 5.41) is 4.03. The van der Waals surface area contributed by atoms with Crippen LogP contribution in [0.4, 0.5) is 0 Å². The number of thiophene rings is 1. The molecule has 3 heterocycles. The van der Waals surface area contributed by atoms with E-state index in [1.807, 2.05) is 57.0 Å². The van der Waals surface area contributed by atoms with Crippen molar-refractivity contribution in [2.45, 2.75) is 32.3 Å². The van der Waals surface area contributed by atoms with E-state index in [4.69, 9.17) is 9.47 Å². The van der Waals surface area contributed by atoms with Gasteiger partial charge in [0.15, 0.2) is 6.10 Å². The summed E-state index contributed by atoms with van der Waals surface area (Å²) in [5.74, 6) is 1.50. The molecule has 0 N–H and O–H groups in total. The predicted octanol–water partition coefficient (Wildman–Crippen LogP) is 4.08. The first kappa shape index (κ1) is 22.4. The van der Waals surface area contributed by atoms with Gasteiger partial charge in [-0.25, -0.2) is 0 Å². The maximum Gasteiger partial charge on any atom is 0.263 e. The molecule has 1 unspecified atom stereocenters. The number of hydrogen-bond acceptors (Lipinski definition) is 5. The first-order valence-corrected chi connectivity index (χ1v) is 12.0. The fourth-order valence-electron chi connectivity index (χ4n) is 4.54. The number of nitrogens with zero attached hydrogens (tertiary/aromatic N) is 2. The summed E-state index contributed by atoms with van der Waals surface area (Å²) in [5.41, 5.74) is 1.18. The predicted molar refractivity (Wildman–Crippen MR) is 126 cm³/mol. The van der Waals surface area contributed by atoms with Crippen molar-refractivity contribution >= 4 is 29.2 Å². The van der Waals surface area contributed by atoms with Crippen LogP contribution in [-0.2, 0) is 9.59 Å². The number of amides is 2. The molecule has 6 nitrogen and oxygen atoms in total. The summed E-state index contributed by atoms with van der Waals surface area (Å²) in [6, 6.07) is 9.27. The van der Waals surface area contributed by atoms with Gasteiger partial charge in [-0.2, -0.15) is 11.3 Å². The molecule has 2 aliphatic rings. The van der Waals surface area contributed by atoms with Crippen LogP contribution in [-0.4, -0.2) is 61.0 Å². The van der Waals surface area contributed by atoms with Gasteiger partial charge in [-0.1, -0.05) is 0 Å². The van der Waals surface area contributed by atoms with Crippen molar-refractivity contribution in [1.82, 2.24) is 9.80 Å². The van der Waals surface area contributed by atoms with Crippen molar-refractivity contribution in [3.63, 3.8) is 0 Å². The summed E-state index contributed by atoms with van der Waals surface area (Å²) >= 11 is 1.62. The van der Waals surface area contributed by atoms with Gasteiger partial charge in [0.05, 0.1) is 7.11 Å². The van der Waals surface area contributed by atoms with E-state index in [1.165, 1.54) is 0 Å². The van der Waals surface area contributed by atoms with Gasteiger partial charge in [0.1, 0.15) is 11.5 Å². The summed E-state index contributed by atoms with van der Waals surface area (Å²) in [7, 11) is 1.62. The molecule has 2 saturated heterocycles. The van der Waals surface area contributed by atoms with Gasteiger partial charge in [-0.3, -0.25) is 9.59 Å². The second-order valence-electron chi connectivity index (χ2n) is 8.66. The number of methoxy groups -OCH3 is 1. The molecule has 170 valence electrons. The van der Waals surface area contributed by atoms with Crippen LogP contribution in [0.25, 0.3) is 6.08 Å². The van der Waals surface area contributed by atoms with Crippen LogP contribution in [0.15, 0.2) is 47.2 Å². The number of hydrogen-bond donors (Lipinski definition) is 0. The minimum absolute atomic E-state index is 0.0231. The average Bonchev–Trinajstić information content (AvgIpc) is 3.48. The lowest BCUT2D eigenvalue weighted by atomic mass is 9.78. The molecular formula is C25H30N2O4S. The van der Waals surface area contributed by atoms with Crippen LogP contribution in [0.5, 0.6) is 11.5 Å². The van der Waals surface area contributed by atoms with E-state index in [1.54, 1.807) is 31.4 Å². The van der Waals surface area contributed by atoms with Crippen molar-refractivity contribution in [3.05, 3.63) is 52.7 Å². The molecule has 1 aromatic heterocycles. The lowest BCUT2D eigenvalue weighted by Gasteiger charge is -2.39. The second kappa shape index (κ2) is 9.77. The van der Waals surface area contributed by atoms with Crippen LogP contribution in [0.2, 0.25) is 0 Å². The Morgan fingerprint density at radius 3 is 2.31 bits per heavy atom. The third kappa shape index (κ3) is 5.15. The second-order valence-corrected chi connectivity index (χ2v) is 9.44. The Morgan fingerprint density at radius 1 is 1.03 bits per heavy atom. The van der Waals surface area contributed by atoms with E-state index in [9.17, 15) is 9.59 Å². The monoisotopic (exact) mass is 454 g/mol. The highest BCUT2D eigenvalue weighted by Crippen LogP contribution is 2.40. The van der Waals surface area contributed by atoms with Crippen molar-refractivity contribution < 1.29 is 19.1 Å². The van der Waals surface area contributed by atoms with Crippen molar-refractivity contribution in [3.8, 4) is 11.5 Å². The van der Waals surface area contributed by atoms with Crippen LogP contribution < -0.4 is 9.47 Å². The smallest absolute Gasteiger partial charge is 0.263 e. The van der Waals surface area contributed by atoms with Gasteiger partial charge < -0.3 is 19.3 Å². The minimum atomic E-state index is -0.539. The molecule has 0 saturated carbocycles. The highest BCUT2D eigenvalue weighted by molar-refractivity contribution is 7.08. The Labute approximate surface area is 193 Å². The minimum Gasteiger partial charge on any atom is -0.497 e. The van der Waals surface area contributed by atoms with E-state index in [0.29, 0.717) is 5.75 Å². The Hall–Kier alpha value is -2.80. The molecule has 32 heavy (non-hydrogen) atoms. The van der Waals surface area contributed by atoms with E-state index < -0.39 is 6.10 Å². The SMILES string of the molecule is COc1ccc(OC(C)C(=O)N2CCC3(CCN(C(=O)C=Cc4ccsc4)CC3)C2)cc1. The summed E-state index contributed by atoms with van der Waals surface area (Å²) < 4.78 is 11.0. The van der Waals surface area contributed by atoms with Gasteiger partial charge in [-0.05, 0) is 84.3 Å². The van der Waals surface area contributed by atoms with Crippen molar-refractivity contribution in [2.24, 2.45) is 5.41 Å². The zero-order valence-electron chi connectivity index (χ0n) is 18.7. The molecule has 0 radical (unpaired) electrons. The maximum absolute atomic E-state index is 13.0. The van der Waals surface area contributed by atoms with Crippen molar-refractivity contribution in [2.75, 3.05) is 33.3 Å². The van der Waals surface area contributed by atoms with E-state index in [2.05, 4.69) is 0 Å². The molecule has 2 aliphatic heterocycles. The van der Waals surface area contributed by atoms with Crippen LogP contribution >= 0.6 is 11.3 Å². The zero-order valence-corrected chi connectivity index (χ0v) is 19.5. The Balaban J connectivity index is 1.27. The van der Waals surface area contributed by atoms with Gasteiger partial charge in [0.25, 0.3) is 5.91 Å². The first-order valence-electron chi connectivity index (χ1n) is 11.1. The van der Waals surface area contributed by atoms with Gasteiger partial charge in [0, 0.05) is 32.3 Å². The first-order chi connectivity index (χ1) is 15.5. The quantitative estimate of drug-likeness (QED) is 0.617. The molecule has 0 bridgehead atoms. The van der Waals surface area contributed by atoms with E-state index in [0.717, 1.165) is 56.8 Å². The topological polar surface area (TPSA) is 59.1 Å². The lowest BCUT2D eigenvalue weighted by molar-refractivity contribution is -0.137. The Bertz CT molecular complexity index is 947. The third-order valence-electron chi connectivity index (χ3n) is 6.57. The molecule has 4 rings (SSSR count). The molecule has 1 atom stereocenters. The molecule has 1 aromatic carbocycles. The Kier molecular flexibility index (Phi) is 6.84. The molecule has 2 aromatic rings. The average molecular weight is 455 g/mol. The van der Waals surface area contributed by atoms with E-state index >= 15 is 0 Å². The molecule has 7 heteroatoms. The Morgan fingerprint density at radius 2 is 1.69 bits per heavy atom. The normalized spacial score (nSPS) is 18.8. The number of carbonyl (C=O) groups is 2. The number of rotatable bonds is 6. The standard InChI is InChI=1S/C25H30N2O4S/c1-19(31-22-6-4-21(30-2)5-7-22)24(29)27-15-12-25(18-27)10-13-26(14-11-25)23(28)8-3-20-9-16-32-17-20/h3-9,16-17,19H,10-15,18H2,1-2H3. The van der Waals surface area contributed by atoms with Crippen LogP contribution in [0.1, 0.15) is 31.7 Å². The molecule has 1 spiro atoms. The third-order valence-corrected chi connectivity index (χ3v) is 7.27. The van der Waals surface area contributed by atoms with Gasteiger partial charge >= 0.3 is 0 Å². The van der Waals surface area contributed by atoms with Crippen LogP contribution in [0.3, 0.4) is 0 Å². The molecular weight excluding hydrogens is 424 g/mol. The fourth-order valence-corrected chi connectivity index (χ4v) is 5.17. The summed E-state index contributed by atoms with van der Waals surface area (Å²) in [4.78, 5) is 29.4. The number of ether oxygens (including phenoxy) is 2. The van der Waals surface area contributed by atoms with Crippen molar-refractivity contribution in [1.29, 1.82) is 0 Å². The lowest BCUT2D eigenvalue weighted by Crippen LogP contribution is -2.45. The molecule has 2 fully saturated rings. The largest absolute Gasteiger partial charge is 0.497 e. The molecule has 2 amide bonds. The number of piperidine rings is 1. The number of likely N-dealkylation sites (tertiary alicyclic amines) is 2. The zero-order chi connectivity index (χ0) is 22.6. The number of carbonyl (C=O) groups excluding carboxylic acids is 2. The van der Waals surface area contributed by atoms with Gasteiger partial charge in [-0.15, -0.1) is 0 Å². The van der Waals surface area contributed by atoms with E-state index in [-0.39, 0.29) is 17.2 Å². The molecule has 0 aliphatic carbocycles. The fraction of sp³-hybridized carbons (Fsp3) is 0.440. The summed E-state index contributed by atoms with van der Waals surface area (Å²) in [6.07, 6.45) is 5.86. The number of benzene rings is 1. The van der Waals surface area contributed by atoms with Crippen LogP contribution in [0, 0.1) is 5.41 Å².